The normalized spacial score (nSPS) is 11.3. The number of pyridine rings is 1. The number of hydrogen-bond donors (Lipinski definition) is 2. The molecule has 3 N–H and O–H groups in total. The van der Waals surface area contributed by atoms with Crippen LogP contribution in [0.2, 0.25) is 0 Å². The van der Waals surface area contributed by atoms with E-state index in [9.17, 15) is 12.8 Å². The van der Waals surface area contributed by atoms with Crippen LogP contribution in [0.25, 0.3) is 0 Å². The monoisotopic (exact) mass is 345 g/mol. The molecule has 2 rings (SSSR count). The van der Waals surface area contributed by atoms with E-state index < -0.39 is 20.9 Å². The lowest BCUT2D eigenvalue weighted by molar-refractivity contribution is 0.557. The summed E-state index contributed by atoms with van der Waals surface area (Å²) in [6.07, 6.45) is 1.20. The third kappa shape index (κ3) is 3.02. The molecular formula is C11H9BrFN3O2S. The van der Waals surface area contributed by atoms with Gasteiger partial charge in [-0.05, 0) is 46.3 Å². The van der Waals surface area contributed by atoms with Crippen molar-refractivity contribution in [3.63, 3.8) is 0 Å². The second-order valence-electron chi connectivity index (χ2n) is 3.64. The Labute approximate surface area is 117 Å². The standard InChI is InChI=1S/C11H9BrFN3O2S/c12-8-6-7(14)3-4-10(8)16-19(17,18)11-9(13)2-1-5-15-11/h1-6,16H,14H2. The molecule has 0 aliphatic heterocycles. The van der Waals surface area contributed by atoms with Gasteiger partial charge in [-0.1, -0.05) is 0 Å². The molecule has 19 heavy (non-hydrogen) atoms. The van der Waals surface area contributed by atoms with Gasteiger partial charge in [0.2, 0.25) is 5.03 Å². The van der Waals surface area contributed by atoms with Crippen molar-refractivity contribution in [2.24, 2.45) is 0 Å². The lowest BCUT2D eigenvalue weighted by atomic mass is 10.3. The zero-order valence-electron chi connectivity index (χ0n) is 9.47. The van der Waals surface area contributed by atoms with Crippen molar-refractivity contribution < 1.29 is 12.8 Å². The van der Waals surface area contributed by atoms with Crippen LogP contribution in [0.4, 0.5) is 15.8 Å². The molecule has 0 spiro atoms. The highest BCUT2D eigenvalue weighted by molar-refractivity contribution is 9.10. The molecule has 5 nitrogen and oxygen atoms in total. The van der Waals surface area contributed by atoms with Crippen molar-refractivity contribution >= 4 is 37.3 Å². The fourth-order valence-corrected chi connectivity index (χ4v) is 3.09. The van der Waals surface area contributed by atoms with E-state index in [-0.39, 0.29) is 5.69 Å². The molecule has 0 aliphatic rings. The summed E-state index contributed by atoms with van der Waals surface area (Å²) in [6.45, 7) is 0. The smallest absolute Gasteiger partial charge is 0.282 e. The van der Waals surface area contributed by atoms with Crippen LogP contribution in [-0.2, 0) is 10.0 Å². The molecular weight excluding hydrogens is 337 g/mol. The average Bonchev–Trinajstić information content (AvgIpc) is 2.33. The highest BCUT2D eigenvalue weighted by Gasteiger charge is 2.21. The fraction of sp³-hybridized carbons (Fsp3) is 0. The van der Waals surface area contributed by atoms with E-state index in [1.54, 1.807) is 0 Å². The summed E-state index contributed by atoms with van der Waals surface area (Å²) < 4.78 is 40.1. The quantitative estimate of drug-likeness (QED) is 0.836. The Morgan fingerprint density at radius 3 is 2.68 bits per heavy atom. The van der Waals surface area contributed by atoms with Crippen molar-refractivity contribution in [1.29, 1.82) is 0 Å². The molecule has 1 aromatic carbocycles. The summed E-state index contributed by atoms with van der Waals surface area (Å²) in [6, 6.07) is 6.87. The third-order valence-corrected chi connectivity index (χ3v) is 4.17. The first-order chi connectivity index (χ1) is 8.90. The number of benzene rings is 1. The summed E-state index contributed by atoms with van der Waals surface area (Å²) in [5.74, 6) is -0.915. The van der Waals surface area contributed by atoms with Gasteiger partial charge >= 0.3 is 0 Å². The molecule has 1 heterocycles. The second-order valence-corrected chi connectivity index (χ2v) is 6.09. The Balaban J connectivity index is 2.40. The second kappa shape index (κ2) is 5.14. The summed E-state index contributed by atoms with van der Waals surface area (Å²) in [4.78, 5) is 3.53. The van der Waals surface area contributed by atoms with Gasteiger partial charge in [-0.3, -0.25) is 4.72 Å². The summed E-state index contributed by atoms with van der Waals surface area (Å²) in [5.41, 5.74) is 6.27. The Morgan fingerprint density at radius 2 is 2.05 bits per heavy atom. The fourth-order valence-electron chi connectivity index (χ4n) is 1.38. The molecule has 0 fully saturated rings. The molecule has 0 radical (unpaired) electrons. The number of halogens is 2. The number of hydrogen-bond acceptors (Lipinski definition) is 4. The van der Waals surface area contributed by atoms with Gasteiger partial charge in [-0.25, -0.2) is 9.37 Å². The van der Waals surface area contributed by atoms with Crippen LogP contribution >= 0.6 is 15.9 Å². The van der Waals surface area contributed by atoms with Crippen molar-refractivity contribution in [2.75, 3.05) is 10.5 Å². The van der Waals surface area contributed by atoms with E-state index in [1.807, 2.05) is 0 Å². The number of nitrogens with one attached hydrogen (secondary N) is 1. The van der Waals surface area contributed by atoms with Crippen LogP contribution in [0.3, 0.4) is 0 Å². The van der Waals surface area contributed by atoms with Gasteiger partial charge in [0.15, 0.2) is 5.82 Å². The summed E-state index contributed by atoms with van der Waals surface area (Å²) in [7, 11) is -4.09. The van der Waals surface area contributed by atoms with E-state index in [0.717, 1.165) is 6.07 Å². The topological polar surface area (TPSA) is 85.1 Å². The minimum atomic E-state index is -4.09. The van der Waals surface area contributed by atoms with Crippen LogP contribution in [0, 0.1) is 5.82 Å². The predicted octanol–water partition coefficient (Wildman–Crippen LogP) is 2.37. The first-order valence-corrected chi connectivity index (χ1v) is 7.36. The maximum atomic E-state index is 13.4. The van der Waals surface area contributed by atoms with Crippen molar-refractivity contribution in [3.8, 4) is 0 Å². The van der Waals surface area contributed by atoms with Crippen LogP contribution in [0.15, 0.2) is 46.0 Å². The van der Waals surface area contributed by atoms with Gasteiger partial charge in [0.1, 0.15) is 0 Å². The number of nitrogens with zero attached hydrogens (tertiary/aromatic N) is 1. The SMILES string of the molecule is Nc1ccc(NS(=O)(=O)c2ncccc2F)c(Br)c1. The molecule has 0 aliphatic carbocycles. The molecule has 100 valence electrons. The van der Waals surface area contributed by atoms with E-state index in [1.165, 1.54) is 30.5 Å². The van der Waals surface area contributed by atoms with E-state index >= 15 is 0 Å². The Bertz CT molecular complexity index is 722. The lowest BCUT2D eigenvalue weighted by Crippen LogP contribution is -2.16. The number of sulfonamides is 1. The first-order valence-electron chi connectivity index (χ1n) is 5.08. The maximum absolute atomic E-state index is 13.4. The number of anilines is 2. The predicted molar refractivity (Wildman–Crippen MR) is 73.6 cm³/mol. The molecule has 1 aromatic heterocycles. The van der Waals surface area contributed by atoms with Crippen molar-refractivity contribution in [1.82, 2.24) is 4.98 Å². The van der Waals surface area contributed by atoms with Gasteiger partial charge in [0.25, 0.3) is 10.0 Å². The van der Waals surface area contributed by atoms with Crippen molar-refractivity contribution in [2.45, 2.75) is 5.03 Å². The lowest BCUT2D eigenvalue weighted by Gasteiger charge is -2.10. The number of nitrogen functional groups attached to an aromatic ring is 1. The summed E-state index contributed by atoms with van der Waals surface area (Å²) in [5, 5.41) is -0.654. The van der Waals surface area contributed by atoms with E-state index in [4.69, 9.17) is 5.73 Å². The van der Waals surface area contributed by atoms with Crippen LogP contribution < -0.4 is 10.5 Å². The van der Waals surface area contributed by atoms with Crippen LogP contribution in [0.5, 0.6) is 0 Å². The molecule has 0 bridgehead atoms. The van der Waals surface area contributed by atoms with E-state index in [2.05, 4.69) is 25.6 Å². The molecule has 8 heteroatoms. The molecule has 0 amide bonds. The highest BCUT2D eigenvalue weighted by Crippen LogP contribution is 2.27. The number of rotatable bonds is 3. The van der Waals surface area contributed by atoms with Gasteiger partial charge in [0.05, 0.1) is 5.69 Å². The maximum Gasteiger partial charge on any atom is 0.282 e. The van der Waals surface area contributed by atoms with Crippen molar-refractivity contribution in [3.05, 3.63) is 46.8 Å². The Hall–Kier alpha value is -1.67. The average molecular weight is 346 g/mol. The van der Waals surface area contributed by atoms with Gasteiger partial charge in [0, 0.05) is 16.4 Å². The summed E-state index contributed by atoms with van der Waals surface area (Å²) >= 11 is 3.17. The van der Waals surface area contributed by atoms with E-state index in [0.29, 0.717) is 10.2 Å². The molecule has 0 unspecified atom stereocenters. The first kappa shape index (κ1) is 13.8. The Morgan fingerprint density at radius 1 is 1.32 bits per heavy atom. The van der Waals surface area contributed by atoms with Gasteiger partial charge in [-0.2, -0.15) is 8.42 Å². The number of aromatic nitrogens is 1. The molecule has 2 aromatic rings. The zero-order valence-corrected chi connectivity index (χ0v) is 11.9. The van der Waals surface area contributed by atoms with Crippen LogP contribution in [0.1, 0.15) is 0 Å². The van der Waals surface area contributed by atoms with Gasteiger partial charge < -0.3 is 5.73 Å². The highest BCUT2D eigenvalue weighted by atomic mass is 79.9. The minimum Gasteiger partial charge on any atom is -0.399 e. The molecule has 0 atom stereocenters. The number of nitrogens with two attached hydrogens (primary N) is 1. The zero-order chi connectivity index (χ0) is 14.0. The van der Waals surface area contributed by atoms with Crippen LogP contribution in [-0.4, -0.2) is 13.4 Å². The largest absolute Gasteiger partial charge is 0.399 e. The molecule has 0 saturated heterocycles. The third-order valence-electron chi connectivity index (χ3n) is 2.22. The molecule has 0 saturated carbocycles. The minimum absolute atomic E-state index is 0.249. The van der Waals surface area contributed by atoms with Gasteiger partial charge in [-0.15, -0.1) is 0 Å². The Kier molecular flexibility index (Phi) is 3.72.